The summed E-state index contributed by atoms with van der Waals surface area (Å²) in [6.45, 7) is 5.55. The molecular formula is C12H21N5O2S. The van der Waals surface area contributed by atoms with Crippen LogP contribution in [0.3, 0.4) is 0 Å². The van der Waals surface area contributed by atoms with Crippen LogP contribution in [0.25, 0.3) is 0 Å². The van der Waals surface area contributed by atoms with E-state index in [0.29, 0.717) is 25.5 Å². The van der Waals surface area contributed by atoms with E-state index in [0.717, 1.165) is 13.1 Å². The number of hydrogen-bond acceptors (Lipinski definition) is 6. The van der Waals surface area contributed by atoms with E-state index in [2.05, 4.69) is 20.0 Å². The minimum absolute atomic E-state index is 0.181. The number of sulfonamides is 1. The van der Waals surface area contributed by atoms with Gasteiger partial charge < -0.3 is 10.2 Å². The number of piperazine rings is 1. The van der Waals surface area contributed by atoms with Gasteiger partial charge in [-0.3, -0.25) is 0 Å². The Morgan fingerprint density at radius 1 is 1.30 bits per heavy atom. The van der Waals surface area contributed by atoms with Gasteiger partial charge in [0.1, 0.15) is 10.7 Å². The fraction of sp³-hybridized carbons (Fsp3) is 0.583. The fourth-order valence-electron chi connectivity index (χ4n) is 2.02. The number of aromatic nitrogens is 1. The van der Waals surface area contributed by atoms with Gasteiger partial charge >= 0.3 is 0 Å². The Balaban J connectivity index is 2.14. The predicted molar refractivity (Wildman–Crippen MR) is 77.8 cm³/mol. The molecular weight excluding hydrogens is 278 g/mol. The van der Waals surface area contributed by atoms with Crippen LogP contribution in [0.2, 0.25) is 0 Å². The summed E-state index contributed by atoms with van der Waals surface area (Å²) in [7, 11) is -1.57. The number of hydrogen-bond donors (Lipinski definition) is 2. The molecule has 8 heteroatoms. The zero-order valence-electron chi connectivity index (χ0n) is 11.8. The summed E-state index contributed by atoms with van der Waals surface area (Å²) in [5.41, 5.74) is 0. The van der Waals surface area contributed by atoms with Crippen molar-refractivity contribution >= 4 is 15.8 Å². The smallest absolute Gasteiger partial charge is 0.257 e. The molecule has 0 saturated carbocycles. The standard InChI is InChI=1S/C12H21N5O2S/c1-3-13-12-11(5-4-6-14-12)20(18,19)15-17-9-7-16(2)8-10-17/h4-6,15H,3,7-10H2,1-2H3,(H,13,14). The number of anilines is 1. The second-order valence-electron chi connectivity index (χ2n) is 4.77. The molecule has 0 atom stereocenters. The summed E-state index contributed by atoms with van der Waals surface area (Å²) in [6.07, 6.45) is 1.58. The zero-order valence-corrected chi connectivity index (χ0v) is 12.7. The molecule has 1 fully saturated rings. The molecule has 0 unspecified atom stereocenters. The molecule has 112 valence electrons. The minimum Gasteiger partial charge on any atom is -0.369 e. The first kappa shape index (κ1) is 15.2. The van der Waals surface area contributed by atoms with E-state index < -0.39 is 10.0 Å². The van der Waals surface area contributed by atoms with Gasteiger partial charge in [-0.05, 0) is 26.1 Å². The highest BCUT2D eigenvalue weighted by Crippen LogP contribution is 2.18. The highest BCUT2D eigenvalue weighted by Gasteiger charge is 2.24. The Labute approximate surface area is 120 Å². The van der Waals surface area contributed by atoms with E-state index in [4.69, 9.17) is 0 Å². The Bertz CT molecular complexity index is 541. The molecule has 0 bridgehead atoms. The van der Waals surface area contributed by atoms with Gasteiger partial charge in [-0.2, -0.15) is 0 Å². The predicted octanol–water partition coefficient (Wildman–Crippen LogP) is -0.0459. The minimum atomic E-state index is -3.60. The molecule has 1 aromatic rings. The molecule has 2 heterocycles. The van der Waals surface area contributed by atoms with Gasteiger partial charge in [0, 0.05) is 38.9 Å². The largest absolute Gasteiger partial charge is 0.369 e. The van der Waals surface area contributed by atoms with E-state index in [1.807, 2.05) is 14.0 Å². The maximum absolute atomic E-state index is 12.4. The van der Waals surface area contributed by atoms with Crippen LogP contribution in [-0.2, 0) is 10.0 Å². The maximum atomic E-state index is 12.4. The second-order valence-corrected chi connectivity index (χ2v) is 6.39. The first-order valence-corrected chi connectivity index (χ1v) is 8.16. The third-order valence-electron chi connectivity index (χ3n) is 3.16. The Hall–Kier alpha value is -1.22. The Morgan fingerprint density at radius 3 is 2.65 bits per heavy atom. The molecule has 1 aliphatic rings. The summed E-state index contributed by atoms with van der Waals surface area (Å²) in [5.74, 6) is 0.386. The van der Waals surface area contributed by atoms with Crippen LogP contribution in [0.5, 0.6) is 0 Å². The van der Waals surface area contributed by atoms with E-state index in [-0.39, 0.29) is 4.90 Å². The van der Waals surface area contributed by atoms with Gasteiger partial charge in [0.05, 0.1) is 0 Å². The highest BCUT2D eigenvalue weighted by molar-refractivity contribution is 7.89. The van der Waals surface area contributed by atoms with Gasteiger partial charge in [0.25, 0.3) is 10.0 Å². The molecule has 20 heavy (non-hydrogen) atoms. The van der Waals surface area contributed by atoms with Crippen molar-refractivity contribution in [3.63, 3.8) is 0 Å². The van der Waals surface area contributed by atoms with Crippen molar-refractivity contribution in [1.29, 1.82) is 0 Å². The first-order chi connectivity index (χ1) is 9.53. The molecule has 2 N–H and O–H groups in total. The van der Waals surface area contributed by atoms with Crippen molar-refractivity contribution in [2.24, 2.45) is 0 Å². The Morgan fingerprint density at radius 2 is 2.00 bits per heavy atom. The van der Waals surface area contributed by atoms with Gasteiger partial charge in [-0.15, -0.1) is 4.83 Å². The number of rotatable bonds is 5. The second kappa shape index (κ2) is 6.49. The quantitative estimate of drug-likeness (QED) is 0.794. The summed E-state index contributed by atoms with van der Waals surface area (Å²) >= 11 is 0. The monoisotopic (exact) mass is 299 g/mol. The average Bonchev–Trinajstić information content (AvgIpc) is 2.42. The van der Waals surface area contributed by atoms with Gasteiger partial charge in [-0.25, -0.2) is 18.4 Å². The SMILES string of the molecule is CCNc1ncccc1S(=O)(=O)NN1CCN(C)CC1. The lowest BCUT2D eigenvalue weighted by atomic mass is 10.4. The van der Waals surface area contributed by atoms with Crippen LogP contribution < -0.4 is 10.1 Å². The third kappa shape index (κ3) is 3.66. The molecule has 0 radical (unpaired) electrons. The van der Waals surface area contributed by atoms with Crippen LogP contribution in [0.1, 0.15) is 6.92 Å². The maximum Gasteiger partial charge on any atom is 0.257 e. The van der Waals surface area contributed by atoms with Crippen LogP contribution in [0.15, 0.2) is 23.2 Å². The van der Waals surface area contributed by atoms with Crippen molar-refractivity contribution in [3.05, 3.63) is 18.3 Å². The lowest BCUT2D eigenvalue weighted by Gasteiger charge is -2.32. The number of hydrazine groups is 1. The third-order valence-corrected chi connectivity index (χ3v) is 4.56. The summed E-state index contributed by atoms with van der Waals surface area (Å²) in [4.78, 5) is 9.06. The van der Waals surface area contributed by atoms with Gasteiger partial charge in [-0.1, -0.05) is 0 Å². The fourth-order valence-corrected chi connectivity index (χ4v) is 3.28. The zero-order chi connectivity index (χ0) is 14.6. The van der Waals surface area contributed by atoms with Crippen molar-refractivity contribution in [2.45, 2.75) is 11.8 Å². The normalized spacial score (nSPS) is 18.1. The molecule has 2 rings (SSSR count). The van der Waals surface area contributed by atoms with Crippen LogP contribution in [0, 0.1) is 0 Å². The molecule has 1 aliphatic heterocycles. The van der Waals surface area contributed by atoms with Crippen molar-refractivity contribution in [3.8, 4) is 0 Å². The molecule has 0 aliphatic carbocycles. The lowest BCUT2D eigenvalue weighted by molar-refractivity contribution is 0.135. The van der Waals surface area contributed by atoms with Crippen molar-refractivity contribution in [1.82, 2.24) is 19.7 Å². The summed E-state index contributed by atoms with van der Waals surface area (Å²) in [5, 5.41) is 4.70. The van der Waals surface area contributed by atoms with E-state index in [1.165, 1.54) is 0 Å². The summed E-state index contributed by atoms with van der Waals surface area (Å²) in [6, 6.07) is 3.18. The number of nitrogens with zero attached hydrogens (tertiary/aromatic N) is 3. The molecule has 0 spiro atoms. The Kier molecular flexibility index (Phi) is 4.92. The van der Waals surface area contributed by atoms with Crippen LogP contribution in [0.4, 0.5) is 5.82 Å². The van der Waals surface area contributed by atoms with E-state index in [1.54, 1.807) is 23.3 Å². The molecule has 0 amide bonds. The topological polar surface area (TPSA) is 77.6 Å². The number of likely N-dealkylation sites (N-methyl/N-ethyl adjacent to an activating group) is 1. The van der Waals surface area contributed by atoms with Gasteiger partial charge in [0.15, 0.2) is 0 Å². The number of pyridine rings is 1. The highest BCUT2D eigenvalue weighted by atomic mass is 32.2. The lowest BCUT2D eigenvalue weighted by Crippen LogP contribution is -2.52. The molecule has 1 saturated heterocycles. The van der Waals surface area contributed by atoms with Crippen LogP contribution in [-0.4, -0.2) is 63.1 Å². The molecule has 0 aromatic carbocycles. The van der Waals surface area contributed by atoms with Crippen molar-refractivity contribution < 1.29 is 8.42 Å². The average molecular weight is 299 g/mol. The van der Waals surface area contributed by atoms with E-state index in [9.17, 15) is 8.42 Å². The molecule has 1 aromatic heterocycles. The van der Waals surface area contributed by atoms with E-state index >= 15 is 0 Å². The van der Waals surface area contributed by atoms with Crippen LogP contribution >= 0.6 is 0 Å². The molecule has 7 nitrogen and oxygen atoms in total. The summed E-state index contributed by atoms with van der Waals surface area (Å²) < 4.78 is 24.9. The first-order valence-electron chi connectivity index (χ1n) is 6.68. The van der Waals surface area contributed by atoms with Gasteiger partial charge in [0.2, 0.25) is 0 Å². The van der Waals surface area contributed by atoms with Crippen molar-refractivity contribution in [2.75, 3.05) is 45.1 Å². The number of nitrogens with one attached hydrogen (secondary N) is 2.